The van der Waals surface area contributed by atoms with Crippen molar-refractivity contribution in [1.82, 2.24) is 5.43 Å². The van der Waals surface area contributed by atoms with Crippen LogP contribution in [0.4, 0.5) is 5.69 Å². The zero-order valence-electron chi connectivity index (χ0n) is 17.1. The third-order valence-corrected chi connectivity index (χ3v) is 5.06. The SMILES string of the molecule is O=C(CCC(=O)Nc1ccccc1Cl)NN=Cc1ccc(OCc2ccccc2Cl)cc1. The number of ether oxygens (including phenoxy) is 1. The molecule has 0 radical (unpaired) electrons. The van der Waals surface area contributed by atoms with Gasteiger partial charge in [0.25, 0.3) is 0 Å². The van der Waals surface area contributed by atoms with Crippen molar-refractivity contribution >= 4 is 46.9 Å². The highest BCUT2D eigenvalue weighted by Gasteiger charge is 2.08. The fourth-order valence-corrected chi connectivity index (χ4v) is 3.04. The maximum atomic E-state index is 12.0. The van der Waals surface area contributed by atoms with Crippen molar-refractivity contribution in [2.75, 3.05) is 5.32 Å². The molecule has 0 fully saturated rings. The average Bonchev–Trinajstić information content (AvgIpc) is 2.80. The van der Waals surface area contributed by atoms with Gasteiger partial charge in [-0.15, -0.1) is 0 Å². The number of rotatable bonds is 9. The molecule has 164 valence electrons. The minimum absolute atomic E-state index is 0.00243. The molecule has 0 aromatic heterocycles. The molecule has 0 saturated heterocycles. The highest BCUT2D eigenvalue weighted by atomic mass is 35.5. The summed E-state index contributed by atoms with van der Waals surface area (Å²) in [5.41, 5.74) is 4.61. The fourth-order valence-electron chi connectivity index (χ4n) is 2.66. The Labute approximate surface area is 196 Å². The van der Waals surface area contributed by atoms with Gasteiger partial charge in [0.1, 0.15) is 12.4 Å². The van der Waals surface area contributed by atoms with Gasteiger partial charge in [0.05, 0.1) is 16.9 Å². The lowest BCUT2D eigenvalue weighted by atomic mass is 10.2. The van der Waals surface area contributed by atoms with Gasteiger partial charge in [0.2, 0.25) is 11.8 Å². The third-order valence-electron chi connectivity index (χ3n) is 4.36. The molecule has 2 N–H and O–H groups in total. The number of anilines is 1. The topological polar surface area (TPSA) is 79.8 Å². The maximum absolute atomic E-state index is 12.0. The van der Waals surface area contributed by atoms with E-state index < -0.39 is 0 Å². The summed E-state index contributed by atoms with van der Waals surface area (Å²) in [6.07, 6.45) is 1.53. The van der Waals surface area contributed by atoms with Crippen molar-refractivity contribution in [3.8, 4) is 5.75 Å². The zero-order chi connectivity index (χ0) is 22.8. The van der Waals surface area contributed by atoms with E-state index in [0.29, 0.717) is 28.1 Å². The highest BCUT2D eigenvalue weighted by Crippen LogP contribution is 2.21. The molecule has 0 unspecified atom stereocenters. The summed E-state index contributed by atoms with van der Waals surface area (Å²) >= 11 is 12.1. The zero-order valence-corrected chi connectivity index (χ0v) is 18.6. The predicted molar refractivity (Wildman–Crippen MR) is 127 cm³/mol. The summed E-state index contributed by atoms with van der Waals surface area (Å²) < 4.78 is 5.73. The van der Waals surface area contributed by atoms with Gasteiger partial charge in [-0.25, -0.2) is 5.43 Å². The maximum Gasteiger partial charge on any atom is 0.240 e. The summed E-state index contributed by atoms with van der Waals surface area (Å²) in [6, 6.07) is 21.6. The Morgan fingerprint density at radius 1 is 0.844 bits per heavy atom. The van der Waals surface area contributed by atoms with Crippen LogP contribution in [0, 0.1) is 0 Å². The van der Waals surface area contributed by atoms with Crippen LogP contribution in [-0.4, -0.2) is 18.0 Å². The number of amides is 2. The second kappa shape index (κ2) is 11.9. The molecule has 0 spiro atoms. The Morgan fingerprint density at radius 2 is 1.50 bits per heavy atom. The number of hydrazone groups is 1. The molecule has 6 nitrogen and oxygen atoms in total. The monoisotopic (exact) mass is 469 g/mol. The minimum Gasteiger partial charge on any atom is -0.489 e. The van der Waals surface area contributed by atoms with Crippen LogP contribution in [-0.2, 0) is 16.2 Å². The smallest absolute Gasteiger partial charge is 0.240 e. The first-order valence-corrected chi connectivity index (χ1v) is 10.6. The molecule has 8 heteroatoms. The summed E-state index contributed by atoms with van der Waals surface area (Å²) in [6.45, 7) is 0.368. The van der Waals surface area contributed by atoms with Gasteiger partial charge < -0.3 is 10.1 Å². The normalized spacial score (nSPS) is 10.7. The number of carbonyl (C=O) groups excluding carboxylic acids is 2. The largest absolute Gasteiger partial charge is 0.489 e. The van der Waals surface area contributed by atoms with Crippen LogP contribution in [0.2, 0.25) is 10.0 Å². The quantitative estimate of drug-likeness (QED) is 0.323. The lowest BCUT2D eigenvalue weighted by molar-refractivity contribution is -0.124. The van der Waals surface area contributed by atoms with Crippen LogP contribution in [0.5, 0.6) is 5.75 Å². The molecule has 0 saturated carbocycles. The third kappa shape index (κ3) is 7.41. The first-order chi connectivity index (χ1) is 15.5. The highest BCUT2D eigenvalue weighted by molar-refractivity contribution is 6.33. The number of nitrogens with one attached hydrogen (secondary N) is 2. The van der Waals surface area contributed by atoms with Crippen molar-refractivity contribution < 1.29 is 14.3 Å². The molecule has 32 heavy (non-hydrogen) atoms. The van der Waals surface area contributed by atoms with Crippen LogP contribution in [0.1, 0.15) is 24.0 Å². The Bertz CT molecular complexity index is 1100. The van der Waals surface area contributed by atoms with Crippen molar-refractivity contribution in [3.05, 3.63) is 94.0 Å². The Balaban J connectivity index is 1.39. The number of nitrogens with zero attached hydrogens (tertiary/aromatic N) is 1. The van der Waals surface area contributed by atoms with E-state index in [1.54, 1.807) is 36.4 Å². The molecule has 3 aromatic rings. The Morgan fingerprint density at radius 3 is 2.22 bits per heavy atom. The van der Waals surface area contributed by atoms with E-state index in [1.807, 2.05) is 36.4 Å². The summed E-state index contributed by atoms with van der Waals surface area (Å²) in [5.74, 6) is 0.0236. The van der Waals surface area contributed by atoms with E-state index in [0.717, 1.165) is 11.1 Å². The van der Waals surface area contributed by atoms with E-state index in [2.05, 4.69) is 15.8 Å². The molecule has 0 aliphatic carbocycles. The molecular formula is C24H21Cl2N3O3. The van der Waals surface area contributed by atoms with Gasteiger partial charge in [0.15, 0.2) is 0 Å². The number of para-hydroxylation sites is 1. The van der Waals surface area contributed by atoms with Crippen molar-refractivity contribution in [1.29, 1.82) is 0 Å². The van der Waals surface area contributed by atoms with E-state index in [9.17, 15) is 9.59 Å². The second-order valence-electron chi connectivity index (χ2n) is 6.77. The van der Waals surface area contributed by atoms with Gasteiger partial charge in [-0.05, 0) is 48.0 Å². The number of hydrogen-bond donors (Lipinski definition) is 2. The van der Waals surface area contributed by atoms with Crippen LogP contribution >= 0.6 is 23.2 Å². The molecule has 3 aromatic carbocycles. The Hall–Kier alpha value is -3.35. The molecule has 0 atom stereocenters. The van der Waals surface area contributed by atoms with Crippen LogP contribution in [0.15, 0.2) is 77.9 Å². The van der Waals surface area contributed by atoms with E-state index >= 15 is 0 Å². The van der Waals surface area contributed by atoms with Crippen LogP contribution in [0.3, 0.4) is 0 Å². The summed E-state index contributed by atoms with van der Waals surface area (Å²) in [7, 11) is 0. The van der Waals surface area contributed by atoms with Crippen LogP contribution < -0.4 is 15.5 Å². The lowest BCUT2D eigenvalue weighted by Gasteiger charge is -2.07. The standard InChI is InChI=1S/C24H21Cl2N3O3/c25-20-6-2-1-5-18(20)16-32-19-11-9-17(10-12-19)15-27-29-24(31)14-13-23(30)28-22-8-4-3-7-21(22)26/h1-12,15H,13-14,16H2,(H,28,30)(H,29,31). The molecule has 0 bridgehead atoms. The lowest BCUT2D eigenvalue weighted by Crippen LogP contribution is -2.20. The average molecular weight is 470 g/mol. The number of benzene rings is 3. The van der Waals surface area contributed by atoms with Gasteiger partial charge >= 0.3 is 0 Å². The fraction of sp³-hybridized carbons (Fsp3) is 0.125. The van der Waals surface area contributed by atoms with E-state index in [-0.39, 0.29) is 24.7 Å². The van der Waals surface area contributed by atoms with Gasteiger partial charge in [-0.2, -0.15) is 5.10 Å². The van der Waals surface area contributed by atoms with Crippen molar-refractivity contribution in [2.24, 2.45) is 5.10 Å². The molecule has 0 heterocycles. The number of halogens is 2. The van der Waals surface area contributed by atoms with Crippen molar-refractivity contribution in [3.63, 3.8) is 0 Å². The number of hydrogen-bond acceptors (Lipinski definition) is 4. The molecule has 0 aliphatic rings. The molecular weight excluding hydrogens is 449 g/mol. The second-order valence-corrected chi connectivity index (χ2v) is 7.58. The van der Waals surface area contributed by atoms with Gasteiger partial charge in [-0.3, -0.25) is 9.59 Å². The van der Waals surface area contributed by atoms with Gasteiger partial charge in [-0.1, -0.05) is 53.5 Å². The minimum atomic E-state index is -0.366. The first kappa shape index (κ1) is 23.3. The molecule has 0 aliphatic heterocycles. The predicted octanol–water partition coefficient (Wildman–Crippen LogP) is 5.44. The van der Waals surface area contributed by atoms with Gasteiger partial charge in [0, 0.05) is 23.4 Å². The summed E-state index contributed by atoms with van der Waals surface area (Å²) in [4.78, 5) is 23.8. The van der Waals surface area contributed by atoms with Crippen LogP contribution in [0.25, 0.3) is 0 Å². The van der Waals surface area contributed by atoms with Crippen molar-refractivity contribution in [2.45, 2.75) is 19.4 Å². The van der Waals surface area contributed by atoms with E-state index in [4.69, 9.17) is 27.9 Å². The molecule has 3 rings (SSSR count). The summed E-state index contributed by atoms with van der Waals surface area (Å²) in [5, 5.41) is 7.69. The molecule has 2 amide bonds. The van der Waals surface area contributed by atoms with E-state index in [1.165, 1.54) is 6.21 Å². The Kier molecular flexibility index (Phi) is 8.66. The first-order valence-electron chi connectivity index (χ1n) is 9.84. The number of carbonyl (C=O) groups is 2.